The molecule has 0 aromatic carbocycles. The van der Waals surface area contributed by atoms with Crippen molar-refractivity contribution in [1.82, 2.24) is 9.78 Å². The smallest absolute Gasteiger partial charge is 0.358 e. The SMILES string of the molecule is Cn1nc([N+](=O)[O-])c(Br)c(Br)c1=O. The van der Waals surface area contributed by atoms with Gasteiger partial charge in [-0.25, -0.2) is 0 Å². The van der Waals surface area contributed by atoms with E-state index in [0.717, 1.165) is 4.68 Å². The van der Waals surface area contributed by atoms with Crippen LogP contribution in [-0.2, 0) is 7.05 Å². The van der Waals surface area contributed by atoms with Gasteiger partial charge in [-0.2, -0.15) is 0 Å². The van der Waals surface area contributed by atoms with Crippen molar-refractivity contribution in [3.8, 4) is 0 Å². The maximum atomic E-state index is 11.2. The average Bonchev–Trinajstić information content (AvgIpc) is 2.07. The molecule has 0 saturated carbocycles. The molecule has 1 rings (SSSR count). The first-order valence-electron chi connectivity index (χ1n) is 3.02. The minimum atomic E-state index is -0.672. The normalized spacial score (nSPS) is 10.1. The van der Waals surface area contributed by atoms with Crippen molar-refractivity contribution in [2.45, 2.75) is 0 Å². The van der Waals surface area contributed by atoms with E-state index < -0.39 is 16.3 Å². The molecule has 0 atom stereocenters. The molecule has 0 aliphatic heterocycles. The molecule has 0 N–H and O–H groups in total. The molecular formula is C5H3Br2N3O3. The van der Waals surface area contributed by atoms with Crippen LogP contribution in [0, 0.1) is 10.1 Å². The number of aryl methyl sites for hydroxylation is 1. The summed E-state index contributed by atoms with van der Waals surface area (Å²) in [7, 11) is 1.34. The Labute approximate surface area is 89.0 Å². The van der Waals surface area contributed by atoms with Gasteiger partial charge in [-0.3, -0.25) is 4.79 Å². The van der Waals surface area contributed by atoms with Crippen molar-refractivity contribution in [1.29, 1.82) is 0 Å². The molecule has 1 aromatic heterocycles. The van der Waals surface area contributed by atoms with Crippen LogP contribution < -0.4 is 5.56 Å². The van der Waals surface area contributed by atoms with Crippen LogP contribution in [0.3, 0.4) is 0 Å². The van der Waals surface area contributed by atoms with Gasteiger partial charge in [0.05, 0.1) is 12.1 Å². The molecule has 13 heavy (non-hydrogen) atoms. The zero-order chi connectivity index (χ0) is 10.2. The number of hydrogen-bond acceptors (Lipinski definition) is 4. The van der Waals surface area contributed by atoms with Crippen molar-refractivity contribution in [2.75, 3.05) is 0 Å². The second-order valence-corrected chi connectivity index (χ2v) is 3.72. The first-order valence-corrected chi connectivity index (χ1v) is 4.60. The number of rotatable bonds is 1. The van der Waals surface area contributed by atoms with E-state index in [1.165, 1.54) is 7.05 Å². The highest BCUT2D eigenvalue weighted by atomic mass is 79.9. The van der Waals surface area contributed by atoms with E-state index in [-0.39, 0.29) is 8.95 Å². The third kappa shape index (κ3) is 1.78. The number of halogens is 2. The van der Waals surface area contributed by atoms with Crippen molar-refractivity contribution in [2.24, 2.45) is 7.05 Å². The Balaban J connectivity index is 3.60. The van der Waals surface area contributed by atoms with E-state index in [1.807, 2.05) is 0 Å². The minimum Gasteiger partial charge on any atom is -0.358 e. The summed E-state index contributed by atoms with van der Waals surface area (Å²) in [4.78, 5) is 20.9. The van der Waals surface area contributed by atoms with Gasteiger partial charge in [0.1, 0.15) is 8.95 Å². The van der Waals surface area contributed by atoms with Crippen LogP contribution in [0.5, 0.6) is 0 Å². The third-order valence-corrected chi connectivity index (χ3v) is 3.31. The molecule has 0 spiro atoms. The van der Waals surface area contributed by atoms with E-state index in [2.05, 4.69) is 37.0 Å². The highest BCUT2D eigenvalue weighted by Crippen LogP contribution is 2.26. The average molecular weight is 313 g/mol. The summed E-state index contributed by atoms with van der Waals surface area (Å²) in [5, 5.41) is 13.9. The summed E-state index contributed by atoms with van der Waals surface area (Å²) >= 11 is 5.83. The highest BCUT2D eigenvalue weighted by Gasteiger charge is 2.21. The molecule has 8 heteroatoms. The Morgan fingerprint density at radius 2 is 2.00 bits per heavy atom. The van der Waals surface area contributed by atoms with Crippen LogP contribution in [0.4, 0.5) is 5.82 Å². The first-order chi connectivity index (χ1) is 5.95. The molecule has 0 unspecified atom stereocenters. The molecule has 0 aliphatic carbocycles. The van der Waals surface area contributed by atoms with Crippen molar-refractivity contribution >= 4 is 37.7 Å². The van der Waals surface area contributed by atoms with Crippen LogP contribution in [0.2, 0.25) is 0 Å². The van der Waals surface area contributed by atoms with E-state index >= 15 is 0 Å². The fourth-order valence-electron chi connectivity index (χ4n) is 0.682. The van der Waals surface area contributed by atoms with Crippen molar-refractivity contribution in [3.63, 3.8) is 0 Å². The van der Waals surface area contributed by atoms with Gasteiger partial charge in [0.25, 0.3) is 0 Å². The highest BCUT2D eigenvalue weighted by molar-refractivity contribution is 9.13. The molecule has 1 aromatic rings. The zero-order valence-corrected chi connectivity index (χ0v) is 9.49. The first kappa shape index (κ1) is 10.3. The fourth-order valence-corrected chi connectivity index (χ4v) is 1.51. The number of nitro groups is 1. The van der Waals surface area contributed by atoms with Gasteiger partial charge in [0, 0.05) is 0 Å². The molecule has 0 bridgehead atoms. The molecule has 0 aliphatic rings. The molecule has 0 amide bonds. The quantitative estimate of drug-likeness (QED) is 0.577. The Morgan fingerprint density at radius 3 is 2.46 bits per heavy atom. The van der Waals surface area contributed by atoms with Crippen LogP contribution in [0.1, 0.15) is 0 Å². The molecule has 0 radical (unpaired) electrons. The molecule has 0 saturated heterocycles. The van der Waals surface area contributed by atoms with Gasteiger partial charge in [0.15, 0.2) is 0 Å². The molecule has 70 valence electrons. The summed E-state index contributed by atoms with van der Waals surface area (Å²) in [6.07, 6.45) is 0. The van der Waals surface area contributed by atoms with Gasteiger partial charge < -0.3 is 10.1 Å². The van der Waals surface area contributed by atoms with E-state index in [9.17, 15) is 14.9 Å². The van der Waals surface area contributed by atoms with Gasteiger partial charge >= 0.3 is 11.4 Å². The summed E-state index contributed by atoms with van der Waals surface area (Å²) in [6, 6.07) is 0. The molecule has 0 fully saturated rings. The van der Waals surface area contributed by atoms with Gasteiger partial charge in [-0.1, -0.05) is 0 Å². The largest absolute Gasteiger partial charge is 0.404 e. The van der Waals surface area contributed by atoms with Crippen LogP contribution >= 0.6 is 31.9 Å². The number of aromatic nitrogens is 2. The molecular weight excluding hydrogens is 310 g/mol. The Hall–Kier alpha value is -0.760. The lowest BCUT2D eigenvalue weighted by Gasteiger charge is -1.98. The maximum Gasteiger partial charge on any atom is 0.404 e. The fraction of sp³-hybridized carbons (Fsp3) is 0.200. The zero-order valence-electron chi connectivity index (χ0n) is 6.32. The minimum absolute atomic E-state index is 0.0561. The molecule has 1 heterocycles. The van der Waals surface area contributed by atoms with E-state index in [1.54, 1.807) is 0 Å². The van der Waals surface area contributed by atoms with Crippen LogP contribution in [0.25, 0.3) is 0 Å². The Bertz CT molecular complexity index is 428. The second-order valence-electron chi connectivity index (χ2n) is 2.14. The van der Waals surface area contributed by atoms with Crippen LogP contribution in [0.15, 0.2) is 13.7 Å². The predicted molar refractivity (Wildman–Crippen MR) is 51.5 cm³/mol. The predicted octanol–water partition coefficient (Wildman–Crippen LogP) is 1.21. The number of hydrogen-bond donors (Lipinski definition) is 0. The van der Waals surface area contributed by atoms with Crippen molar-refractivity contribution in [3.05, 3.63) is 29.4 Å². The Kier molecular flexibility index (Phi) is 2.81. The van der Waals surface area contributed by atoms with Crippen LogP contribution in [-0.4, -0.2) is 14.7 Å². The third-order valence-electron chi connectivity index (χ3n) is 1.29. The summed E-state index contributed by atoms with van der Waals surface area (Å²) < 4.78 is 1.05. The number of nitrogens with zero attached hydrogens (tertiary/aromatic N) is 3. The van der Waals surface area contributed by atoms with Crippen molar-refractivity contribution < 1.29 is 4.92 Å². The van der Waals surface area contributed by atoms with Gasteiger partial charge in [-0.15, -0.1) is 4.68 Å². The summed E-state index contributed by atoms with van der Waals surface area (Å²) in [6.45, 7) is 0. The lowest BCUT2D eigenvalue weighted by Crippen LogP contribution is -2.21. The lowest BCUT2D eigenvalue weighted by molar-refractivity contribution is -0.391. The monoisotopic (exact) mass is 311 g/mol. The van der Waals surface area contributed by atoms with E-state index in [0.29, 0.717) is 0 Å². The lowest BCUT2D eigenvalue weighted by atomic mass is 10.5. The summed E-state index contributed by atoms with van der Waals surface area (Å²) in [5.41, 5.74) is -0.433. The van der Waals surface area contributed by atoms with E-state index in [4.69, 9.17) is 0 Å². The maximum absolute atomic E-state index is 11.2. The van der Waals surface area contributed by atoms with Gasteiger partial charge in [0.2, 0.25) is 0 Å². The second kappa shape index (κ2) is 3.54. The Morgan fingerprint density at radius 1 is 1.46 bits per heavy atom. The van der Waals surface area contributed by atoms with Gasteiger partial charge in [-0.05, 0) is 36.8 Å². The standard InChI is InChI=1S/C5H3Br2N3O3/c1-9-5(11)3(7)2(6)4(8-9)10(12)13/h1H3. The molecule has 6 nitrogen and oxygen atoms in total. The topological polar surface area (TPSA) is 78.0 Å². The summed E-state index contributed by atoms with van der Waals surface area (Å²) in [5.74, 6) is -0.394.